The summed E-state index contributed by atoms with van der Waals surface area (Å²) in [6, 6.07) is 21.0. The minimum Gasteiger partial charge on any atom is -0.367 e. The molecule has 1 amide bonds. The van der Waals surface area contributed by atoms with Crippen LogP contribution >= 0.6 is 11.8 Å². The Morgan fingerprint density at radius 3 is 2.71 bits per heavy atom. The molecule has 0 saturated heterocycles. The molecule has 0 fully saturated rings. The second-order valence-electron chi connectivity index (χ2n) is 6.74. The van der Waals surface area contributed by atoms with Gasteiger partial charge in [-0.1, -0.05) is 36.0 Å². The van der Waals surface area contributed by atoms with Crippen molar-refractivity contribution in [3.63, 3.8) is 0 Å². The van der Waals surface area contributed by atoms with Crippen molar-refractivity contribution in [3.8, 4) is 6.07 Å². The Morgan fingerprint density at radius 2 is 1.90 bits per heavy atom. The molecular formula is C23H20N6OS. The summed E-state index contributed by atoms with van der Waals surface area (Å²) in [5.41, 5.74) is 4.18. The van der Waals surface area contributed by atoms with Crippen LogP contribution < -0.4 is 10.6 Å². The van der Waals surface area contributed by atoms with E-state index in [0.29, 0.717) is 30.0 Å². The zero-order valence-corrected chi connectivity index (χ0v) is 17.4. The van der Waals surface area contributed by atoms with E-state index in [0.717, 1.165) is 27.5 Å². The van der Waals surface area contributed by atoms with E-state index in [1.807, 2.05) is 48.5 Å². The third-order valence-corrected chi connectivity index (χ3v) is 5.53. The number of aromatic amines is 1. The molecule has 2 aromatic carbocycles. The van der Waals surface area contributed by atoms with Crippen LogP contribution in [-0.2, 0) is 5.75 Å². The van der Waals surface area contributed by atoms with Crippen LogP contribution in [0.25, 0.3) is 11.0 Å². The summed E-state index contributed by atoms with van der Waals surface area (Å²) in [6.07, 6.45) is 1.62. The average Bonchev–Trinajstić information content (AvgIpc) is 3.24. The van der Waals surface area contributed by atoms with E-state index in [2.05, 4.69) is 31.7 Å². The molecule has 0 saturated carbocycles. The normalized spacial score (nSPS) is 10.5. The number of anilines is 1. The molecule has 31 heavy (non-hydrogen) atoms. The van der Waals surface area contributed by atoms with Gasteiger partial charge in [0.15, 0.2) is 5.16 Å². The standard InChI is InChI=1S/C23H20N6OS/c24-14-18-4-3-11-25-21(18)26-12-13-27-22(30)17-9-7-16(8-10-17)15-31-23-28-19-5-1-2-6-20(19)29-23/h1-11H,12-13,15H2,(H,25,26)(H,27,30)(H,28,29). The molecule has 3 N–H and O–H groups in total. The number of rotatable bonds is 8. The number of hydrogen-bond donors (Lipinski definition) is 3. The summed E-state index contributed by atoms with van der Waals surface area (Å²) in [5, 5.41) is 15.9. The Labute approximate surface area is 183 Å². The van der Waals surface area contributed by atoms with E-state index in [1.54, 1.807) is 30.1 Å². The molecule has 2 heterocycles. The smallest absolute Gasteiger partial charge is 0.251 e. The van der Waals surface area contributed by atoms with Crippen molar-refractivity contribution in [2.45, 2.75) is 10.9 Å². The Bertz CT molecular complexity index is 1200. The number of benzene rings is 2. The zero-order chi connectivity index (χ0) is 21.5. The maximum absolute atomic E-state index is 12.3. The molecule has 154 valence electrons. The number of carbonyl (C=O) groups is 1. The number of carbonyl (C=O) groups excluding carboxylic acids is 1. The molecule has 0 aliphatic heterocycles. The second-order valence-corrected chi connectivity index (χ2v) is 7.70. The molecule has 0 aliphatic carbocycles. The minimum atomic E-state index is -0.139. The van der Waals surface area contributed by atoms with Crippen LogP contribution in [0.2, 0.25) is 0 Å². The third kappa shape index (κ3) is 5.21. The van der Waals surface area contributed by atoms with Crippen LogP contribution in [-0.4, -0.2) is 33.9 Å². The van der Waals surface area contributed by atoms with Crippen molar-refractivity contribution in [1.82, 2.24) is 20.3 Å². The van der Waals surface area contributed by atoms with Gasteiger partial charge in [0.1, 0.15) is 11.9 Å². The fourth-order valence-corrected chi connectivity index (χ4v) is 3.84. The van der Waals surface area contributed by atoms with E-state index >= 15 is 0 Å². The van der Waals surface area contributed by atoms with E-state index in [-0.39, 0.29) is 5.91 Å². The van der Waals surface area contributed by atoms with Crippen molar-refractivity contribution >= 4 is 34.5 Å². The van der Waals surface area contributed by atoms with Gasteiger partial charge in [0.25, 0.3) is 5.91 Å². The highest BCUT2D eigenvalue weighted by molar-refractivity contribution is 7.98. The van der Waals surface area contributed by atoms with Gasteiger partial charge in [0, 0.05) is 30.6 Å². The van der Waals surface area contributed by atoms with Crippen molar-refractivity contribution in [3.05, 3.63) is 83.6 Å². The number of imidazole rings is 1. The number of aromatic nitrogens is 3. The summed E-state index contributed by atoms with van der Waals surface area (Å²) in [6.45, 7) is 0.896. The molecule has 2 aromatic heterocycles. The number of fused-ring (bicyclic) bond motifs is 1. The Hall–Kier alpha value is -3.83. The summed E-state index contributed by atoms with van der Waals surface area (Å²) in [4.78, 5) is 24.3. The predicted octanol–water partition coefficient (Wildman–Crippen LogP) is 3.96. The lowest BCUT2D eigenvalue weighted by atomic mass is 10.1. The number of nitrogens with zero attached hydrogens (tertiary/aromatic N) is 3. The number of pyridine rings is 1. The quantitative estimate of drug-likeness (QED) is 0.290. The summed E-state index contributed by atoms with van der Waals surface area (Å²) >= 11 is 1.63. The number of para-hydroxylation sites is 2. The van der Waals surface area contributed by atoms with Gasteiger partial charge < -0.3 is 15.6 Å². The third-order valence-electron chi connectivity index (χ3n) is 4.59. The molecule has 4 aromatic rings. The van der Waals surface area contributed by atoms with Crippen LogP contribution in [0.15, 0.2) is 72.0 Å². The summed E-state index contributed by atoms with van der Waals surface area (Å²) < 4.78 is 0. The minimum absolute atomic E-state index is 0.139. The van der Waals surface area contributed by atoms with Crippen LogP contribution in [0.1, 0.15) is 21.5 Å². The average molecular weight is 429 g/mol. The van der Waals surface area contributed by atoms with Crippen LogP contribution in [0.4, 0.5) is 5.82 Å². The highest BCUT2D eigenvalue weighted by Gasteiger charge is 2.07. The van der Waals surface area contributed by atoms with Gasteiger partial charge in [-0.15, -0.1) is 0 Å². The maximum atomic E-state index is 12.3. The highest BCUT2D eigenvalue weighted by Crippen LogP contribution is 2.23. The number of thioether (sulfide) groups is 1. The van der Waals surface area contributed by atoms with Gasteiger partial charge in [0.2, 0.25) is 0 Å². The van der Waals surface area contributed by atoms with Crippen LogP contribution in [0.3, 0.4) is 0 Å². The van der Waals surface area contributed by atoms with Gasteiger partial charge in [-0.25, -0.2) is 9.97 Å². The number of nitriles is 1. The van der Waals surface area contributed by atoms with Crippen molar-refractivity contribution in [2.24, 2.45) is 0 Å². The Morgan fingerprint density at radius 1 is 1.06 bits per heavy atom. The van der Waals surface area contributed by atoms with Crippen LogP contribution in [0.5, 0.6) is 0 Å². The molecule has 0 spiro atoms. The van der Waals surface area contributed by atoms with E-state index in [1.165, 1.54) is 0 Å². The molecule has 0 aliphatic rings. The maximum Gasteiger partial charge on any atom is 0.251 e. The highest BCUT2D eigenvalue weighted by atomic mass is 32.2. The van der Waals surface area contributed by atoms with E-state index in [9.17, 15) is 4.79 Å². The first-order chi connectivity index (χ1) is 15.2. The van der Waals surface area contributed by atoms with Crippen molar-refractivity contribution in [1.29, 1.82) is 5.26 Å². The van der Waals surface area contributed by atoms with Gasteiger partial charge in [-0.2, -0.15) is 5.26 Å². The summed E-state index contributed by atoms with van der Waals surface area (Å²) in [7, 11) is 0. The molecule has 7 nitrogen and oxygen atoms in total. The number of hydrogen-bond acceptors (Lipinski definition) is 6. The Kier molecular flexibility index (Phi) is 6.45. The first-order valence-corrected chi connectivity index (χ1v) is 10.7. The fraction of sp³-hybridized carbons (Fsp3) is 0.130. The molecule has 8 heteroatoms. The van der Waals surface area contributed by atoms with Gasteiger partial charge in [-0.05, 0) is 42.0 Å². The summed E-state index contributed by atoms with van der Waals surface area (Å²) in [5.74, 6) is 1.14. The molecule has 0 unspecified atom stereocenters. The first kappa shape index (κ1) is 20.4. The Balaban J connectivity index is 1.24. The lowest BCUT2D eigenvalue weighted by molar-refractivity contribution is 0.0955. The first-order valence-electron chi connectivity index (χ1n) is 9.76. The zero-order valence-electron chi connectivity index (χ0n) is 16.6. The molecule has 0 radical (unpaired) electrons. The molecule has 0 bridgehead atoms. The van der Waals surface area contributed by atoms with Crippen molar-refractivity contribution < 1.29 is 4.79 Å². The topological polar surface area (TPSA) is 106 Å². The van der Waals surface area contributed by atoms with E-state index in [4.69, 9.17) is 5.26 Å². The molecule has 0 atom stereocenters. The number of nitrogens with one attached hydrogen (secondary N) is 3. The second kappa shape index (κ2) is 9.78. The number of H-pyrrole nitrogens is 1. The van der Waals surface area contributed by atoms with Gasteiger partial charge >= 0.3 is 0 Å². The lowest BCUT2D eigenvalue weighted by Crippen LogP contribution is -2.29. The number of amides is 1. The fourth-order valence-electron chi connectivity index (χ4n) is 3.00. The largest absolute Gasteiger partial charge is 0.367 e. The predicted molar refractivity (Wildman–Crippen MR) is 122 cm³/mol. The molecular weight excluding hydrogens is 408 g/mol. The SMILES string of the molecule is N#Cc1cccnc1NCCNC(=O)c1ccc(CSc2nc3ccccc3[nH]2)cc1. The lowest BCUT2D eigenvalue weighted by Gasteiger charge is -2.09. The van der Waals surface area contributed by atoms with Crippen LogP contribution in [0, 0.1) is 11.3 Å². The van der Waals surface area contributed by atoms with Gasteiger partial charge in [-0.3, -0.25) is 4.79 Å². The molecule has 4 rings (SSSR count). The monoisotopic (exact) mass is 428 g/mol. The van der Waals surface area contributed by atoms with Gasteiger partial charge in [0.05, 0.1) is 16.6 Å². The van der Waals surface area contributed by atoms with Crippen molar-refractivity contribution in [2.75, 3.05) is 18.4 Å². The van der Waals surface area contributed by atoms with E-state index < -0.39 is 0 Å².